The summed E-state index contributed by atoms with van der Waals surface area (Å²) in [5, 5.41) is 8.47. The van der Waals surface area contributed by atoms with E-state index in [4.69, 9.17) is 0 Å². The molecule has 0 aromatic carbocycles. The van der Waals surface area contributed by atoms with E-state index in [1.807, 2.05) is 6.07 Å². The highest BCUT2D eigenvalue weighted by Crippen LogP contribution is 2.37. The Morgan fingerprint density at radius 1 is 1.26 bits per heavy atom. The molecule has 1 aromatic heterocycles. The number of carbonyl (C=O) groups is 2. The largest absolute Gasteiger partial charge is 0.322 e. The number of aromatic nitrogens is 1. The van der Waals surface area contributed by atoms with Gasteiger partial charge in [-0.2, -0.15) is 0 Å². The Balaban J connectivity index is 2.05. The molecule has 1 aromatic rings. The summed E-state index contributed by atoms with van der Waals surface area (Å²) in [6.07, 6.45) is 5.02. The number of amides is 3. The molecule has 3 amide bonds. The van der Waals surface area contributed by atoms with Crippen LogP contribution in [0.4, 0.5) is 4.79 Å². The van der Waals surface area contributed by atoms with Gasteiger partial charge in [-0.15, -0.1) is 0 Å². The summed E-state index contributed by atoms with van der Waals surface area (Å²) in [5.41, 5.74) is -0.210. The van der Waals surface area contributed by atoms with E-state index in [1.54, 1.807) is 18.5 Å². The zero-order chi connectivity index (χ0) is 13.3. The van der Waals surface area contributed by atoms with Gasteiger partial charge in [-0.3, -0.25) is 15.1 Å². The quantitative estimate of drug-likeness (QED) is 0.659. The van der Waals surface area contributed by atoms with Crippen molar-refractivity contribution in [2.75, 3.05) is 13.1 Å². The number of hydrogen-bond acceptors (Lipinski definition) is 4. The lowest BCUT2D eigenvalue weighted by Crippen LogP contribution is -2.53. The molecule has 2 aliphatic heterocycles. The smallest absolute Gasteiger partial charge is 0.319 e. The van der Waals surface area contributed by atoms with E-state index in [2.05, 4.69) is 20.9 Å². The first-order chi connectivity index (χ1) is 9.23. The molecule has 1 unspecified atom stereocenters. The predicted molar refractivity (Wildman–Crippen MR) is 68.2 cm³/mol. The molecular formula is C13H16N4O2. The minimum absolute atomic E-state index is 0.0874. The van der Waals surface area contributed by atoms with Gasteiger partial charge in [0.15, 0.2) is 5.54 Å². The lowest BCUT2D eigenvalue weighted by atomic mass is 9.74. The predicted octanol–water partition coefficient (Wildman–Crippen LogP) is 0.116. The van der Waals surface area contributed by atoms with Crippen molar-refractivity contribution in [3.8, 4) is 0 Å². The molecule has 0 spiro atoms. The summed E-state index contributed by atoms with van der Waals surface area (Å²) in [7, 11) is 0. The Morgan fingerprint density at radius 2 is 2.05 bits per heavy atom. The third-order valence-corrected chi connectivity index (χ3v) is 3.96. The Kier molecular flexibility index (Phi) is 2.94. The van der Waals surface area contributed by atoms with Crippen LogP contribution in [0.15, 0.2) is 24.5 Å². The molecule has 3 N–H and O–H groups in total. The van der Waals surface area contributed by atoms with Gasteiger partial charge in [0.1, 0.15) is 0 Å². The summed E-state index contributed by atoms with van der Waals surface area (Å²) < 4.78 is 0. The van der Waals surface area contributed by atoms with Gasteiger partial charge in [-0.1, -0.05) is 6.07 Å². The second kappa shape index (κ2) is 4.62. The summed E-state index contributed by atoms with van der Waals surface area (Å²) in [5.74, 6) is -0.179. The van der Waals surface area contributed by atoms with Crippen LogP contribution >= 0.6 is 0 Å². The first-order valence-corrected chi connectivity index (χ1v) is 6.48. The van der Waals surface area contributed by atoms with Crippen molar-refractivity contribution in [1.82, 2.24) is 20.9 Å². The molecule has 0 aliphatic carbocycles. The molecule has 3 heterocycles. The number of rotatable bonds is 2. The van der Waals surface area contributed by atoms with Crippen LogP contribution in [0.3, 0.4) is 0 Å². The molecular weight excluding hydrogens is 244 g/mol. The number of nitrogens with one attached hydrogen (secondary N) is 3. The monoisotopic (exact) mass is 260 g/mol. The fraction of sp³-hybridized carbons (Fsp3) is 0.462. The average molecular weight is 260 g/mol. The van der Waals surface area contributed by atoms with Crippen molar-refractivity contribution < 1.29 is 9.59 Å². The number of urea groups is 1. The molecule has 2 saturated heterocycles. The summed E-state index contributed by atoms with van der Waals surface area (Å²) in [4.78, 5) is 28.1. The molecule has 6 heteroatoms. The zero-order valence-electron chi connectivity index (χ0n) is 10.5. The number of imide groups is 1. The average Bonchev–Trinajstić information content (AvgIpc) is 2.76. The van der Waals surface area contributed by atoms with Crippen molar-refractivity contribution in [1.29, 1.82) is 0 Å². The molecule has 0 radical (unpaired) electrons. The van der Waals surface area contributed by atoms with Crippen LogP contribution in [0.2, 0.25) is 0 Å². The van der Waals surface area contributed by atoms with Gasteiger partial charge >= 0.3 is 6.03 Å². The summed E-state index contributed by atoms with van der Waals surface area (Å²) >= 11 is 0. The molecule has 1 atom stereocenters. The lowest BCUT2D eigenvalue weighted by molar-refractivity contribution is -0.126. The maximum absolute atomic E-state index is 12.4. The summed E-state index contributed by atoms with van der Waals surface area (Å²) in [6.45, 7) is 1.71. The van der Waals surface area contributed by atoms with Crippen molar-refractivity contribution >= 4 is 11.9 Å². The van der Waals surface area contributed by atoms with Crippen LogP contribution in [0.25, 0.3) is 0 Å². The molecule has 6 nitrogen and oxygen atoms in total. The fourth-order valence-corrected chi connectivity index (χ4v) is 3.05. The summed E-state index contributed by atoms with van der Waals surface area (Å²) in [6, 6.07) is 3.21. The Morgan fingerprint density at radius 3 is 2.63 bits per heavy atom. The van der Waals surface area contributed by atoms with Gasteiger partial charge in [-0.05, 0) is 37.9 Å². The molecule has 0 bridgehead atoms. The fourth-order valence-electron chi connectivity index (χ4n) is 3.05. The van der Waals surface area contributed by atoms with Crippen molar-refractivity contribution in [2.45, 2.75) is 18.4 Å². The van der Waals surface area contributed by atoms with Crippen molar-refractivity contribution in [3.05, 3.63) is 30.1 Å². The van der Waals surface area contributed by atoms with Crippen LogP contribution in [0.1, 0.15) is 18.4 Å². The van der Waals surface area contributed by atoms with Crippen LogP contribution in [0.5, 0.6) is 0 Å². The van der Waals surface area contributed by atoms with E-state index >= 15 is 0 Å². The highest BCUT2D eigenvalue weighted by atomic mass is 16.2. The highest BCUT2D eigenvalue weighted by Gasteiger charge is 2.53. The number of hydrogen-bond donors (Lipinski definition) is 3. The SMILES string of the molecule is O=C1NC(=O)C(c2cccnc2)(C2CCNCC2)N1. The van der Waals surface area contributed by atoms with Crippen LogP contribution in [-0.2, 0) is 10.3 Å². The van der Waals surface area contributed by atoms with Gasteiger partial charge in [0.2, 0.25) is 0 Å². The Labute approximate surface area is 111 Å². The maximum atomic E-state index is 12.4. The zero-order valence-corrected chi connectivity index (χ0v) is 10.5. The second-order valence-corrected chi connectivity index (χ2v) is 4.98. The van der Waals surface area contributed by atoms with E-state index in [0.717, 1.165) is 31.5 Å². The number of nitrogens with zero attached hydrogens (tertiary/aromatic N) is 1. The molecule has 2 fully saturated rings. The van der Waals surface area contributed by atoms with Gasteiger partial charge in [0.25, 0.3) is 5.91 Å². The number of pyridine rings is 1. The maximum Gasteiger partial charge on any atom is 0.322 e. The minimum Gasteiger partial charge on any atom is -0.319 e. The molecule has 2 aliphatic rings. The first kappa shape index (κ1) is 12.1. The highest BCUT2D eigenvalue weighted by molar-refractivity contribution is 6.07. The van der Waals surface area contributed by atoms with Crippen molar-refractivity contribution in [3.63, 3.8) is 0 Å². The Bertz CT molecular complexity index is 499. The van der Waals surface area contributed by atoms with Gasteiger partial charge in [0, 0.05) is 18.0 Å². The number of piperidine rings is 1. The second-order valence-electron chi connectivity index (χ2n) is 4.98. The van der Waals surface area contributed by atoms with E-state index in [0.29, 0.717) is 0 Å². The third-order valence-electron chi connectivity index (χ3n) is 3.96. The van der Waals surface area contributed by atoms with Gasteiger partial charge < -0.3 is 10.6 Å². The van der Waals surface area contributed by atoms with E-state index in [-0.39, 0.29) is 11.8 Å². The first-order valence-electron chi connectivity index (χ1n) is 6.48. The van der Waals surface area contributed by atoms with E-state index in [1.165, 1.54) is 0 Å². The van der Waals surface area contributed by atoms with Crippen LogP contribution in [0, 0.1) is 5.92 Å². The standard InChI is InChI=1S/C13H16N4O2/c18-11-13(17-12(19)16-11,9-3-6-14-7-4-9)10-2-1-5-15-8-10/h1-2,5,8-9,14H,3-4,6-7H2,(H2,16,17,18,19). The van der Waals surface area contributed by atoms with Gasteiger partial charge in [0.05, 0.1) is 0 Å². The van der Waals surface area contributed by atoms with Crippen LogP contribution in [-0.4, -0.2) is 30.0 Å². The Hall–Kier alpha value is -1.95. The molecule has 0 saturated carbocycles. The third kappa shape index (κ3) is 1.88. The topological polar surface area (TPSA) is 83.1 Å². The normalized spacial score (nSPS) is 28.0. The van der Waals surface area contributed by atoms with Crippen LogP contribution < -0.4 is 16.0 Å². The van der Waals surface area contributed by atoms with E-state index in [9.17, 15) is 9.59 Å². The minimum atomic E-state index is -0.965. The number of carbonyl (C=O) groups excluding carboxylic acids is 2. The molecule has 3 rings (SSSR count). The van der Waals surface area contributed by atoms with Crippen molar-refractivity contribution in [2.24, 2.45) is 5.92 Å². The van der Waals surface area contributed by atoms with E-state index < -0.39 is 11.6 Å². The molecule has 19 heavy (non-hydrogen) atoms. The lowest BCUT2D eigenvalue weighted by Gasteiger charge is -2.37. The van der Waals surface area contributed by atoms with Gasteiger partial charge in [-0.25, -0.2) is 4.79 Å². The molecule has 100 valence electrons.